The third kappa shape index (κ3) is 3.07. The van der Waals surface area contributed by atoms with E-state index < -0.39 is 27.3 Å². The molecular weight excluding hydrogens is 301 g/mol. The predicted molar refractivity (Wildman–Crippen MR) is 71.9 cm³/mol. The molecule has 2 N–H and O–H groups in total. The van der Waals surface area contributed by atoms with Crippen LogP contribution in [0.4, 0.5) is 4.39 Å². The lowest BCUT2D eigenvalue weighted by atomic mass is 9.92. The first kappa shape index (κ1) is 15.9. The third-order valence-electron chi connectivity index (χ3n) is 3.59. The van der Waals surface area contributed by atoms with Gasteiger partial charge in [0.15, 0.2) is 0 Å². The molecule has 0 saturated carbocycles. The molecule has 0 amide bonds. The van der Waals surface area contributed by atoms with Crippen LogP contribution in [0.5, 0.6) is 0 Å². The molecule has 6 nitrogen and oxygen atoms in total. The summed E-state index contributed by atoms with van der Waals surface area (Å²) in [5.41, 5.74) is -1.66. The zero-order valence-electron chi connectivity index (χ0n) is 11.4. The van der Waals surface area contributed by atoms with E-state index in [4.69, 9.17) is 4.74 Å². The van der Waals surface area contributed by atoms with E-state index in [1.165, 1.54) is 19.1 Å². The molecule has 1 heterocycles. The van der Waals surface area contributed by atoms with Crippen LogP contribution >= 0.6 is 0 Å². The Morgan fingerprint density at radius 1 is 1.38 bits per heavy atom. The van der Waals surface area contributed by atoms with Crippen molar-refractivity contribution in [1.29, 1.82) is 0 Å². The number of halogens is 1. The van der Waals surface area contributed by atoms with Crippen LogP contribution < -0.4 is 4.72 Å². The summed E-state index contributed by atoms with van der Waals surface area (Å²) in [7, 11) is -4.14. The van der Waals surface area contributed by atoms with Crippen LogP contribution in [0.1, 0.15) is 18.4 Å². The first-order valence-corrected chi connectivity index (χ1v) is 7.87. The number of carbonyl (C=O) groups is 1. The van der Waals surface area contributed by atoms with Gasteiger partial charge in [0.2, 0.25) is 10.0 Å². The molecule has 21 heavy (non-hydrogen) atoms. The van der Waals surface area contributed by atoms with Crippen molar-refractivity contribution in [2.45, 2.75) is 30.2 Å². The first-order chi connectivity index (χ1) is 9.78. The fourth-order valence-electron chi connectivity index (χ4n) is 2.27. The molecule has 0 spiro atoms. The smallest absolute Gasteiger partial charge is 0.325 e. The number of hydrogen-bond acceptors (Lipinski definition) is 4. The zero-order valence-corrected chi connectivity index (χ0v) is 12.2. The highest BCUT2D eigenvalue weighted by atomic mass is 32.2. The third-order valence-corrected chi connectivity index (χ3v) is 5.27. The van der Waals surface area contributed by atoms with Gasteiger partial charge in [0.1, 0.15) is 11.4 Å². The van der Waals surface area contributed by atoms with Crippen molar-refractivity contribution in [3.05, 3.63) is 29.6 Å². The van der Waals surface area contributed by atoms with E-state index in [2.05, 4.69) is 4.72 Å². The quantitative estimate of drug-likeness (QED) is 0.866. The van der Waals surface area contributed by atoms with Crippen molar-refractivity contribution < 1.29 is 27.4 Å². The second-order valence-corrected chi connectivity index (χ2v) is 6.62. The summed E-state index contributed by atoms with van der Waals surface area (Å²) >= 11 is 0. The number of rotatable bonds is 4. The number of carboxylic acid groups (broad SMARTS) is 1. The maximum atomic E-state index is 13.5. The van der Waals surface area contributed by atoms with Gasteiger partial charge in [-0.15, -0.1) is 0 Å². The SMILES string of the molecule is Cc1c(F)cccc1S(=O)(=O)NC1(C(=O)O)CCOCC1. The standard InChI is InChI=1S/C13H16FNO5S/c1-9-10(14)3-2-4-11(9)21(18,19)15-13(12(16)17)5-7-20-8-6-13/h2-4,15H,5-8H2,1H3,(H,16,17). The largest absolute Gasteiger partial charge is 0.480 e. The van der Waals surface area contributed by atoms with Crippen molar-refractivity contribution in [3.63, 3.8) is 0 Å². The molecule has 0 radical (unpaired) electrons. The Labute approximate surface area is 122 Å². The van der Waals surface area contributed by atoms with Crippen LogP contribution in [0.2, 0.25) is 0 Å². The molecule has 0 atom stereocenters. The van der Waals surface area contributed by atoms with Gasteiger partial charge in [0.25, 0.3) is 0 Å². The van der Waals surface area contributed by atoms with Gasteiger partial charge >= 0.3 is 5.97 Å². The van der Waals surface area contributed by atoms with Gasteiger partial charge in [-0.3, -0.25) is 4.79 Å². The summed E-state index contributed by atoms with van der Waals surface area (Å²) in [6.45, 7) is 1.63. The monoisotopic (exact) mass is 317 g/mol. The molecule has 8 heteroatoms. The number of carboxylic acids is 1. The Morgan fingerprint density at radius 3 is 2.57 bits per heavy atom. The van der Waals surface area contributed by atoms with Gasteiger partial charge in [0, 0.05) is 31.6 Å². The summed E-state index contributed by atoms with van der Waals surface area (Å²) in [5, 5.41) is 9.37. The van der Waals surface area contributed by atoms with Crippen molar-refractivity contribution in [2.75, 3.05) is 13.2 Å². The van der Waals surface area contributed by atoms with Crippen molar-refractivity contribution in [2.24, 2.45) is 0 Å². The number of aliphatic carboxylic acids is 1. The van der Waals surface area contributed by atoms with Crippen LogP contribution in [0, 0.1) is 12.7 Å². The summed E-state index contributed by atoms with van der Waals surface area (Å²) in [4.78, 5) is 11.2. The van der Waals surface area contributed by atoms with Gasteiger partial charge in [-0.05, 0) is 19.1 Å². The van der Waals surface area contributed by atoms with Crippen LogP contribution in [0.15, 0.2) is 23.1 Å². The Hall–Kier alpha value is -1.51. The van der Waals surface area contributed by atoms with Crippen molar-refractivity contribution in [3.8, 4) is 0 Å². The number of hydrogen-bond donors (Lipinski definition) is 2. The van der Waals surface area contributed by atoms with Gasteiger partial charge in [0.05, 0.1) is 4.90 Å². The van der Waals surface area contributed by atoms with Crippen LogP contribution in [-0.4, -0.2) is 38.2 Å². The van der Waals surface area contributed by atoms with Crippen molar-refractivity contribution in [1.82, 2.24) is 4.72 Å². The van der Waals surface area contributed by atoms with E-state index >= 15 is 0 Å². The lowest BCUT2D eigenvalue weighted by Crippen LogP contribution is -2.57. The molecule has 1 saturated heterocycles. The van der Waals surface area contributed by atoms with E-state index in [1.807, 2.05) is 0 Å². The fraction of sp³-hybridized carbons (Fsp3) is 0.462. The van der Waals surface area contributed by atoms with E-state index in [9.17, 15) is 22.7 Å². The number of sulfonamides is 1. The van der Waals surface area contributed by atoms with Crippen LogP contribution in [0.3, 0.4) is 0 Å². The summed E-state index contributed by atoms with van der Waals surface area (Å²) in [6, 6.07) is 3.67. The molecule has 1 aliphatic heterocycles. The molecule has 116 valence electrons. The lowest BCUT2D eigenvalue weighted by molar-refractivity contribution is -0.147. The number of nitrogens with one attached hydrogen (secondary N) is 1. The Bertz CT molecular complexity index is 653. The van der Waals surface area contributed by atoms with E-state index in [1.54, 1.807) is 0 Å². The van der Waals surface area contributed by atoms with E-state index in [0.29, 0.717) is 0 Å². The van der Waals surface area contributed by atoms with Crippen molar-refractivity contribution >= 4 is 16.0 Å². The van der Waals surface area contributed by atoms with Crippen LogP contribution in [0.25, 0.3) is 0 Å². The van der Waals surface area contributed by atoms with Gasteiger partial charge in [-0.25, -0.2) is 12.8 Å². The Balaban J connectivity index is 2.40. The highest BCUT2D eigenvalue weighted by Gasteiger charge is 2.44. The maximum absolute atomic E-state index is 13.5. The van der Waals surface area contributed by atoms with Gasteiger partial charge in [-0.1, -0.05) is 6.07 Å². The molecule has 1 aromatic rings. The number of ether oxygens (including phenoxy) is 1. The highest BCUT2D eigenvalue weighted by Crippen LogP contribution is 2.25. The minimum atomic E-state index is -4.14. The second-order valence-electron chi connectivity index (χ2n) is 4.97. The minimum Gasteiger partial charge on any atom is -0.480 e. The molecule has 0 bridgehead atoms. The fourth-order valence-corrected chi connectivity index (χ4v) is 3.94. The average molecular weight is 317 g/mol. The lowest BCUT2D eigenvalue weighted by Gasteiger charge is -2.33. The minimum absolute atomic E-state index is 0.0237. The zero-order chi connectivity index (χ0) is 15.7. The predicted octanol–water partition coefficient (Wildman–Crippen LogP) is 1.05. The molecule has 2 rings (SSSR count). The van der Waals surface area contributed by atoms with Gasteiger partial charge in [-0.2, -0.15) is 4.72 Å². The number of benzene rings is 1. The van der Waals surface area contributed by atoms with E-state index in [0.717, 1.165) is 6.07 Å². The van der Waals surface area contributed by atoms with Crippen LogP contribution in [-0.2, 0) is 19.6 Å². The highest BCUT2D eigenvalue weighted by molar-refractivity contribution is 7.89. The molecular formula is C13H16FNO5S. The maximum Gasteiger partial charge on any atom is 0.325 e. The molecule has 0 unspecified atom stereocenters. The summed E-state index contributed by atoms with van der Waals surface area (Å²) < 4.78 is 45.6. The second kappa shape index (κ2) is 5.70. The summed E-state index contributed by atoms with van der Waals surface area (Å²) in [5.74, 6) is -1.92. The molecule has 1 fully saturated rings. The van der Waals surface area contributed by atoms with Gasteiger partial charge < -0.3 is 9.84 Å². The molecule has 0 aliphatic carbocycles. The molecule has 0 aromatic heterocycles. The Morgan fingerprint density at radius 2 is 2.00 bits per heavy atom. The summed E-state index contributed by atoms with van der Waals surface area (Å²) in [6.07, 6.45) is 0.0475. The average Bonchev–Trinajstić information content (AvgIpc) is 2.42. The Kier molecular flexibility index (Phi) is 4.31. The molecule has 1 aliphatic rings. The topological polar surface area (TPSA) is 92.7 Å². The normalized spacial score (nSPS) is 18.4. The van der Waals surface area contributed by atoms with E-state index in [-0.39, 0.29) is 36.5 Å². The molecule has 1 aromatic carbocycles. The first-order valence-electron chi connectivity index (χ1n) is 6.39.